The van der Waals surface area contributed by atoms with Gasteiger partial charge in [0.05, 0.1) is 11.2 Å². The maximum Gasteiger partial charge on any atom is 0.417 e. The van der Waals surface area contributed by atoms with Crippen LogP contribution in [0.5, 0.6) is 5.75 Å². The summed E-state index contributed by atoms with van der Waals surface area (Å²) in [7, 11) is 0. The second kappa shape index (κ2) is 7.04. The molecule has 0 bridgehead atoms. The molecule has 4 rings (SSSR count). The molecular formula is C24H24N2O2. The molecule has 4 aromatic rings. The second-order valence-electron chi connectivity index (χ2n) is 7.40. The summed E-state index contributed by atoms with van der Waals surface area (Å²) < 4.78 is 7.77. The third kappa shape index (κ3) is 3.01. The summed E-state index contributed by atoms with van der Waals surface area (Å²) in [5.74, 6) is 0.521. The minimum absolute atomic E-state index is 0.336. The molecule has 0 aliphatic heterocycles. The molecule has 1 N–H and O–H groups in total. The van der Waals surface area contributed by atoms with Gasteiger partial charge in [-0.15, -0.1) is 0 Å². The number of ether oxygens (including phenoxy) is 1. The van der Waals surface area contributed by atoms with Gasteiger partial charge in [0.15, 0.2) is 0 Å². The molecule has 4 heteroatoms. The molecular weight excluding hydrogens is 348 g/mol. The zero-order valence-corrected chi connectivity index (χ0v) is 16.6. The van der Waals surface area contributed by atoms with E-state index in [9.17, 15) is 4.79 Å². The lowest BCUT2D eigenvalue weighted by molar-refractivity contribution is 0.215. The van der Waals surface area contributed by atoms with Gasteiger partial charge in [-0.25, -0.2) is 4.79 Å². The standard InChI is InChI=1S/C24H24N2O2/c1-15(2)26-20-13-9-8-12-19(20)22-17(4)23(16(3)14-21(22)26)25-24(27)28-18-10-6-5-7-11-18/h5-15H,1-4H3,(H,25,27). The van der Waals surface area contributed by atoms with Crippen LogP contribution in [0.15, 0.2) is 60.7 Å². The Morgan fingerprint density at radius 1 is 0.964 bits per heavy atom. The summed E-state index contributed by atoms with van der Waals surface area (Å²) >= 11 is 0. The summed E-state index contributed by atoms with van der Waals surface area (Å²) in [5.41, 5.74) is 5.27. The van der Waals surface area contributed by atoms with E-state index in [4.69, 9.17) is 4.74 Å². The lowest BCUT2D eigenvalue weighted by Gasteiger charge is -2.16. The summed E-state index contributed by atoms with van der Waals surface area (Å²) in [5, 5.41) is 5.32. The Bertz CT molecular complexity index is 1170. The van der Waals surface area contributed by atoms with Crippen LogP contribution in [0, 0.1) is 13.8 Å². The number of nitrogens with zero attached hydrogens (tertiary/aromatic N) is 1. The number of hydrogen-bond donors (Lipinski definition) is 1. The highest BCUT2D eigenvalue weighted by molar-refractivity contribution is 6.12. The highest BCUT2D eigenvalue weighted by atomic mass is 16.6. The Balaban J connectivity index is 1.82. The Morgan fingerprint density at radius 2 is 1.64 bits per heavy atom. The number of aromatic nitrogens is 1. The number of carbonyl (C=O) groups excluding carboxylic acids is 1. The van der Waals surface area contributed by atoms with Crippen LogP contribution in [-0.2, 0) is 0 Å². The van der Waals surface area contributed by atoms with Crippen molar-refractivity contribution in [3.8, 4) is 5.75 Å². The van der Waals surface area contributed by atoms with Crippen LogP contribution >= 0.6 is 0 Å². The minimum atomic E-state index is -0.482. The van der Waals surface area contributed by atoms with Crippen LogP contribution in [0.2, 0.25) is 0 Å². The van der Waals surface area contributed by atoms with Crippen molar-refractivity contribution in [2.45, 2.75) is 33.7 Å². The largest absolute Gasteiger partial charge is 0.417 e. The Kier molecular flexibility index (Phi) is 4.55. The molecule has 0 radical (unpaired) electrons. The fourth-order valence-electron chi connectivity index (χ4n) is 3.99. The molecule has 4 nitrogen and oxygen atoms in total. The van der Waals surface area contributed by atoms with Gasteiger partial charge in [-0.3, -0.25) is 5.32 Å². The molecule has 1 heterocycles. The van der Waals surface area contributed by atoms with Gasteiger partial charge in [0.25, 0.3) is 0 Å². The number of rotatable bonds is 3. The van der Waals surface area contributed by atoms with Gasteiger partial charge in [-0.05, 0) is 63.1 Å². The van der Waals surface area contributed by atoms with Crippen molar-refractivity contribution in [3.63, 3.8) is 0 Å². The van der Waals surface area contributed by atoms with Gasteiger partial charge in [0, 0.05) is 22.3 Å². The number of benzene rings is 3. The Hall–Kier alpha value is -3.27. The van der Waals surface area contributed by atoms with E-state index in [2.05, 4.69) is 61.0 Å². The van der Waals surface area contributed by atoms with E-state index in [0.717, 1.165) is 16.8 Å². The first-order valence-corrected chi connectivity index (χ1v) is 9.54. The van der Waals surface area contributed by atoms with E-state index < -0.39 is 6.09 Å². The summed E-state index contributed by atoms with van der Waals surface area (Å²) in [6.45, 7) is 8.47. The summed E-state index contributed by atoms with van der Waals surface area (Å²) in [4.78, 5) is 12.5. The highest BCUT2D eigenvalue weighted by Gasteiger charge is 2.19. The highest BCUT2D eigenvalue weighted by Crippen LogP contribution is 2.38. The number of anilines is 1. The van der Waals surface area contributed by atoms with Gasteiger partial charge in [-0.1, -0.05) is 36.4 Å². The number of carbonyl (C=O) groups is 1. The van der Waals surface area contributed by atoms with E-state index in [1.807, 2.05) is 25.1 Å². The van der Waals surface area contributed by atoms with Gasteiger partial charge >= 0.3 is 6.09 Å². The zero-order chi connectivity index (χ0) is 19.8. The molecule has 0 aliphatic rings. The molecule has 1 aromatic heterocycles. The van der Waals surface area contributed by atoms with Crippen molar-refractivity contribution in [1.29, 1.82) is 0 Å². The second-order valence-corrected chi connectivity index (χ2v) is 7.40. The van der Waals surface area contributed by atoms with Crippen LogP contribution in [0.25, 0.3) is 21.8 Å². The number of aryl methyl sites for hydroxylation is 2. The first-order valence-electron chi connectivity index (χ1n) is 9.54. The normalized spacial score (nSPS) is 11.3. The minimum Gasteiger partial charge on any atom is -0.410 e. The van der Waals surface area contributed by atoms with E-state index in [-0.39, 0.29) is 0 Å². The lowest BCUT2D eigenvalue weighted by atomic mass is 10.0. The molecule has 0 saturated carbocycles. The maximum absolute atomic E-state index is 12.5. The van der Waals surface area contributed by atoms with Gasteiger partial charge < -0.3 is 9.30 Å². The van der Waals surface area contributed by atoms with Crippen molar-refractivity contribution in [3.05, 3.63) is 71.8 Å². The first kappa shape index (κ1) is 18.1. The van der Waals surface area contributed by atoms with Gasteiger partial charge in [-0.2, -0.15) is 0 Å². The van der Waals surface area contributed by atoms with Crippen molar-refractivity contribution < 1.29 is 9.53 Å². The van der Waals surface area contributed by atoms with Gasteiger partial charge in [0.1, 0.15) is 5.75 Å². The molecule has 28 heavy (non-hydrogen) atoms. The molecule has 0 unspecified atom stereocenters. The fraction of sp³-hybridized carbons (Fsp3) is 0.208. The van der Waals surface area contributed by atoms with Crippen LogP contribution in [-0.4, -0.2) is 10.7 Å². The number of nitrogens with one attached hydrogen (secondary N) is 1. The zero-order valence-electron chi connectivity index (χ0n) is 16.6. The quantitative estimate of drug-likeness (QED) is 0.440. The van der Waals surface area contributed by atoms with E-state index in [0.29, 0.717) is 11.8 Å². The van der Waals surface area contributed by atoms with Crippen molar-refractivity contribution >= 4 is 33.6 Å². The lowest BCUT2D eigenvalue weighted by Crippen LogP contribution is -2.18. The van der Waals surface area contributed by atoms with E-state index in [1.165, 1.54) is 21.8 Å². The monoisotopic (exact) mass is 372 g/mol. The molecule has 0 atom stereocenters. The smallest absolute Gasteiger partial charge is 0.410 e. The molecule has 142 valence electrons. The fourth-order valence-corrected chi connectivity index (χ4v) is 3.99. The number of hydrogen-bond acceptors (Lipinski definition) is 2. The Morgan fingerprint density at radius 3 is 2.36 bits per heavy atom. The number of amides is 1. The van der Waals surface area contributed by atoms with Crippen LogP contribution in [0.1, 0.15) is 31.0 Å². The Labute approximate surface area is 164 Å². The maximum atomic E-state index is 12.5. The topological polar surface area (TPSA) is 43.3 Å². The van der Waals surface area contributed by atoms with Gasteiger partial charge in [0.2, 0.25) is 0 Å². The van der Waals surface area contributed by atoms with Crippen molar-refractivity contribution in [2.75, 3.05) is 5.32 Å². The summed E-state index contributed by atoms with van der Waals surface area (Å²) in [6.07, 6.45) is -0.482. The molecule has 0 aliphatic carbocycles. The molecule has 3 aromatic carbocycles. The third-order valence-electron chi connectivity index (χ3n) is 5.14. The van der Waals surface area contributed by atoms with E-state index >= 15 is 0 Å². The first-order chi connectivity index (χ1) is 13.5. The van der Waals surface area contributed by atoms with Crippen molar-refractivity contribution in [1.82, 2.24) is 4.57 Å². The average Bonchev–Trinajstić information content (AvgIpc) is 3.00. The third-order valence-corrected chi connectivity index (χ3v) is 5.14. The van der Waals surface area contributed by atoms with E-state index in [1.54, 1.807) is 12.1 Å². The molecule has 0 saturated heterocycles. The molecule has 0 fully saturated rings. The van der Waals surface area contributed by atoms with Crippen LogP contribution in [0.4, 0.5) is 10.5 Å². The average molecular weight is 372 g/mol. The predicted octanol–water partition coefficient (Wildman–Crippen LogP) is 6.60. The molecule has 1 amide bonds. The summed E-state index contributed by atoms with van der Waals surface area (Å²) in [6, 6.07) is 20.0. The molecule has 0 spiro atoms. The predicted molar refractivity (Wildman–Crippen MR) is 115 cm³/mol. The van der Waals surface area contributed by atoms with Crippen molar-refractivity contribution in [2.24, 2.45) is 0 Å². The van der Waals surface area contributed by atoms with Crippen LogP contribution < -0.4 is 10.1 Å². The SMILES string of the molecule is Cc1cc2c(c(C)c1NC(=O)Oc1ccccc1)c1ccccc1n2C(C)C. The number of para-hydroxylation sites is 2. The number of fused-ring (bicyclic) bond motifs is 3. The van der Waals surface area contributed by atoms with Crippen LogP contribution in [0.3, 0.4) is 0 Å².